The predicted molar refractivity (Wildman–Crippen MR) is 53.4 cm³/mol. The van der Waals surface area contributed by atoms with Crippen LogP contribution in [0.2, 0.25) is 0 Å². The topological polar surface area (TPSA) is 20.2 Å². The maximum atomic E-state index is 13.4. The molecule has 82 valence electrons. The second-order valence-electron chi connectivity index (χ2n) is 4.32. The van der Waals surface area contributed by atoms with Crippen LogP contribution in [0, 0.1) is 24.5 Å². The molecule has 1 aromatic carbocycles. The lowest BCUT2D eigenvalue weighted by Gasteiger charge is -2.12. The Bertz CT molecular complexity index is 372. The first-order chi connectivity index (χ1) is 7.08. The quantitative estimate of drug-likeness (QED) is 0.816. The second kappa shape index (κ2) is 3.89. The standard InChI is InChI=1S/C12H14F2O/c1-7-4-9(11(14)6-10(7)13)12(15)5-8-2-3-8/h4,6,8,12,15H,2-3,5H2,1H3. The first-order valence-electron chi connectivity index (χ1n) is 5.21. The van der Waals surface area contributed by atoms with E-state index in [1.54, 1.807) is 6.92 Å². The van der Waals surface area contributed by atoms with E-state index in [0.717, 1.165) is 18.9 Å². The van der Waals surface area contributed by atoms with Crippen LogP contribution in [-0.2, 0) is 0 Å². The zero-order valence-electron chi connectivity index (χ0n) is 8.63. The van der Waals surface area contributed by atoms with Crippen molar-refractivity contribution in [3.63, 3.8) is 0 Å². The maximum absolute atomic E-state index is 13.4. The van der Waals surface area contributed by atoms with E-state index in [0.29, 0.717) is 17.9 Å². The lowest BCUT2D eigenvalue weighted by molar-refractivity contribution is 0.155. The van der Waals surface area contributed by atoms with Crippen molar-refractivity contribution in [1.82, 2.24) is 0 Å². The van der Waals surface area contributed by atoms with E-state index < -0.39 is 17.7 Å². The Morgan fingerprint density at radius 2 is 2.00 bits per heavy atom. The molecule has 2 rings (SSSR count). The van der Waals surface area contributed by atoms with Crippen LogP contribution in [0.5, 0.6) is 0 Å². The van der Waals surface area contributed by atoms with Crippen LogP contribution >= 0.6 is 0 Å². The number of aliphatic hydroxyl groups is 1. The Hall–Kier alpha value is -0.960. The highest BCUT2D eigenvalue weighted by molar-refractivity contribution is 5.27. The number of aryl methyl sites for hydroxylation is 1. The summed E-state index contributed by atoms with van der Waals surface area (Å²) in [6.45, 7) is 1.57. The zero-order valence-corrected chi connectivity index (χ0v) is 8.63. The van der Waals surface area contributed by atoms with Crippen LogP contribution in [0.4, 0.5) is 8.78 Å². The summed E-state index contributed by atoms with van der Waals surface area (Å²) in [4.78, 5) is 0. The van der Waals surface area contributed by atoms with Gasteiger partial charge in [0, 0.05) is 11.6 Å². The van der Waals surface area contributed by atoms with Gasteiger partial charge < -0.3 is 5.11 Å². The van der Waals surface area contributed by atoms with E-state index in [1.807, 2.05) is 0 Å². The van der Waals surface area contributed by atoms with Crippen molar-refractivity contribution in [2.75, 3.05) is 0 Å². The first-order valence-corrected chi connectivity index (χ1v) is 5.21. The van der Waals surface area contributed by atoms with Gasteiger partial charge in [0.15, 0.2) is 0 Å². The molecular formula is C12H14F2O. The van der Waals surface area contributed by atoms with Crippen molar-refractivity contribution in [1.29, 1.82) is 0 Å². The molecule has 1 fully saturated rings. The summed E-state index contributed by atoms with van der Waals surface area (Å²) >= 11 is 0. The number of benzene rings is 1. The molecule has 0 heterocycles. The molecule has 15 heavy (non-hydrogen) atoms. The van der Waals surface area contributed by atoms with E-state index in [9.17, 15) is 13.9 Å². The summed E-state index contributed by atoms with van der Waals surface area (Å²) in [5.74, 6) is -0.689. The highest BCUT2D eigenvalue weighted by atomic mass is 19.1. The Balaban J connectivity index is 2.21. The van der Waals surface area contributed by atoms with Gasteiger partial charge in [-0.15, -0.1) is 0 Å². The zero-order chi connectivity index (χ0) is 11.0. The molecule has 0 bridgehead atoms. The van der Waals surface area contributed by atoms with Crippen molar-refractivity contribution < 1.29 is 13.9 Å². The first kappa shape index (κ1) is 10.6. The lowest BCUT2D eigenvalue weighted by atomic mass is 10.0. The molecular weight excluding hydrogens is 198 g/mol. The van der Waals surface area contributed by atoms with Gasteiger partial charge in [-0.05, 0) is 30.9 Å². The molecule has 0 aromatic heterocycles. The molecule has 3 heteroatoms. The normalized spacial score (nSPS) is 17.9. The Morgan fingerprint density at radius 1 is 1.33 bits per heavy atom. The third kappa shape index (κ3) is 2.34. The minimum Gasteiger partial charge on any atom is -0.388 e. The van der Waals surface area contributed by atoms with Gasteiger partial charge in [0.2, 0.25) is 0 Å². The van der Waals surface area contributed by atoms with Gasteiger partial charge in [0.1, 0.15) is 11.6 Å². The maximum Gasteiger partial charge on any atom is 0.131 e. The minimum atomic E-state index is -0.795. The third-order valence-corrected chi connectivity index (χ3v) is 2.89. The van der Waals surface area contributed by atoms with Gasteiger partial charge in [-0.25, -0.2) is 8.78 Å². The monoisotopic (exact) mass is 212 g/mol. The fourth-order valence-corrected chi connectivity index (χ4v) is 1.73. The summed E-state index contributed by atoms with van der Waals surface area (Å²) in [6.07, 6.45) is 2.01. The molecule has 0 saturated heterocycles. The molecule has 1 unspecified atom stereocenters. The van der Waals surface area contributed by atoms with Crippen molar-refractivity contribution in [2.45, 2.75) is 32.3 Å². The smallest absolute Gasteiger partial charge is 0.131 e. The summed E-state index contributed by atoms with van der Waals surface area (Å²) < 4.78 is 26.3. The van der Waals surface area contributed by atoms with Gasteiger partial charge in [-0.2, -0.15) is 0 Å². The molecule has 0 radical (unpaired) electrons. The summed E-state index contributed by atoms with van der Waals surface area (Å²) in [5.41, 5.74) is 0.599. The number of halogens is 2. The molecule has 1 atom stereocenters. The van der Waals surface area contributed by atoms with E-state index in [4.69, 9.17) is 0 Å². The van der Waals surface area contributed by atoms with Crippen molar-refractivity contribution in [2.24, 2.45) is 5.92 Å². The van der Waals surface area contributed by atoms with Gasteiger partial charge in [0.25, 0.3) is 0 Å². The number of hydrogen-bond donors (Lipinski definition) is 1. The molecule has 1 aliphatic carbocycles. The molecule has 0 aliphatic heterocycles. The largest absolute Gasteiger partial charge is 0.388 e. The fraction of sp³-hybridized carbons (Fsp3) is 0.500. The fourth-order valence-electron chi connectivity index (χ4n) is 1.73. The summed E-state index contributed by atoms with van der Waals surface area (Å²) in [6, 6.07) is 2.25. The number of rotatable bonds is 3. The molecule has 0 amide bonds. The Kier molecular flexibility index (Phi) is 2.74. The molecule has 1 aliphatic rings. The molecule has 1 saturated carbocycles. The number of hydrogen-bond acceptors (Lipinski definition) is 1. The number of aliphatic hydroxyl groups excluding tert-OH is 1. The third-order valence-electron chi connectivity index (χ3n) is 2.89. The van der Waals surface area contributed by atoms with Crippen LogP contribution in [0.25, 0.3) is 0 Å². The minimum absolute atomic E-state index is 0.223. The van der Waals surface area contributed by atoms with Crippen molar-refractivity contribution in [3.8, 4) is 0 Å². The molecule has 0 spiro atoms. The van der Waals surface area contributed by atoms with E-state index >= 15 is 0 Å². The van der Waals surface area contributed by atoms with Crippen LogP contribution < -0.4 is 0 Å². The van der Waals surface area contributed by atoms with E-state index in [1.165, 1.54) is 6.07 Å². The average Bonchev–Trinajstić information content (AvgIpc) is 2.95. The highest BCUT2D eigenvalue weighted by Crippen LogP contribution is 2.38. The molecule has 1 aromatic rings. The van der Waals surface area contributed by atoms with Crippen molar-refractivity contribution >= 4 is 0 Å². The Morgan fingerprint density at radius 3 is 2.60 bits per heavy atom. The summed E-state index contributed by atoms with van der Waals surface area (Å²) in [7, 11) is 0. The molecule has 1 N–H and O–H groups in total. The van der Waals surface area contributed by atoms with Crippen LogP contribution in [-0.4, -0.2) is 5.11 Å². The van der Waals surface area contributed by atoms with Gasteiger partial charge in [-0.3, -0.25) is 0 Å². The van der Waals surface area contributed by atoms with Gasteiger partial charge in [-0.1, -0.05) is 12.8 Å². The van der Waals surface area contributed by atoms with Gasteiger partial charge in [0.05, 0.1) is 6.10 Å². The highest BCUT2D eigenvalue weighted by Gasteiger charge is 2.26. The molecule has 1 nitrogen and oxygen atoms in total. The van der Waals surface area contributed by atoms with Crippen LogP contribution in [0.3, 0.4) is 0 Å². The Labute approximate surface area is 87.7 Å². The lowest BCUT2D eigenvalue weighted by Crippen LogP contribution is -2.03. The SMILES string of the molecule is Cc1cc(C(O)CC2CC2)c(F)cc1F. The van der Waals surface area contributed by atoms with E-state index in [-0.39, 0.29) is 5.56 Å². The predicted octanol–water partition coefficient (Wildman–Crippen LogP) is 3.11. The van der Waals surface area contributed by atoms with Gasteiger partial charge >= 0.3 is 0 Å². The summed E-state index contributed by atoms with van der Waals surface area (Å²) in [5, 5.41) is 9.76. The average molecular weight is 212 g/mol. The van der Waals surface area contributed by atoms with Crippen molar-refractivity contribution in [3.05, 3.63) is 34.9 Å². The second-order valence-corrected chi connectivity index (χ2v) is 4.32. The van der Waals surface area contributed by atoms with E-state index in [2.05, 4.69) is 0 Å². The van der Waals surface area contributed by atoms with Crippen LogP contribution in [0.15, 0.2) is 12.1 Å². The van der Waals surface area contributed by atoms with Crippen LogP contribution in [0.1, 0.15) is 36.5 Å².